The van der Waals surface area contributed by atoms with Crippen LogP contribution in [-0.2, 0) is 11.2 Å². The number of carboxylic acid groups (broad SMARTS) is 1. The molecule has 3 nitrogen and oxygen atoms in total. The number of anilines is 1. The average Bonchev–Trinajstić information content (AvgIpc) is 2.76. The number of alkyl halides is 3. The van der Waals surface area contributed by atoms with Crippen molar-refractivity contribution in [1.82, 2.24) is 0 Å². The van der Waals surface area contributed by atoms with Crippen molar-refractivity contribution in [2.75, 3.05) is 11.9 Å². The zero-order valence-electron chi connectivity index (χ0n) is 18.0. The Morgan fingerprint density at radius 2 is 1.74 bits per heavy atom. The van der Waals surface area contributed by atoms with Gasteiger partial charge in [0, 0.05) is 22.0 Å². The van der Waals surface area contributed by atoms with Crippen LogP contribution in [0.5, 0.6) is 0 Å². The molecule has 9 heteroatoms. The molecule has 3 aromatic rings. The molecule has 2 unspecified atom stereocenters. The van der Waals surface area contributed by atoms with E-state index in [9.17, 15) is 23.1 Å². The Morgan fingerprint density at radius 3 is 2.35 bits per heavy atom. The molecule has 34 heavy (non-hydrogen) atoms. The van der Waals surface area contributed by atoms with E-state index >= 15 is 0 Å². The summed E-state index contributed by atoms with van der Waals surface area (Å²) in [5, 5.41) is 13.1. The highest BCUT2D eigenvalue weighted by Gasteiger charge is 2.41. The number of nitrogens with one attached hydrogen (secondary N) is 1. The Hall–Kier alpha value is -2.22. The summed E-state index contributed by atoms with van der Waals surface area (Å²) < 4.78 is 41.6. The number of carbonyl (C=O) groups is 1. The van der Waals surface area contributed by atoms with Crippen molar-refractivity contribution in [3.63, 3.8) is 0 Å². The number of benzene rings is 3. The molecule has 0 heterocycles. The normalized spacial score (nSPS) is 13.4. The topological polar surface area (TPSA) is 49.3 Å². The monoisotopic (exact) mass is 573 g/mol. The van der Waals surface area contributed by atoms with Gasteiger partial charge in [0.05, 0.1) is 23.0 Å². The van der Waals surface area contributed by atoms with Gasteiger partial charge < -0.3 is 10.4 Å². The number of aliphatic carboxylic acids is 1. The second-order valence-electron chi connectivity index (χ2n) is 7.94. The summed E-state index contributed by atoms with van der Waals surface area (Å²) >= 11 is 15.7. The number of hydrogen-bond acceptors (Lipinski definition) is 2. The highest BCUT2D eigenvalue weighted by Crippen LogP contribution is 2.39. The summed E-state index contributed by atoms with van der Waals surface area (Å²) in [7, 11) is 0. The summed E-state index contributed by atoms with van der Waals surface area (Å²) in [6.07, 6.45) is -4.56. The third kappa shape index (κ3) is 6.68. The number of halogens is 6. The molecular formula is C25H21BrCl2F3NO2. The second-order valence-corrected chi connectivity index (χ2v) is 9.70. The molecule has 3 aromatic carbocycles. The number of hydrogen-bond donors (Lipinski definition) is 2. The lowest BCUT2D eigenvalue weighted by Gasteiger charge is -2.27. The molecule has 0 saturated carbocycles. The van der Waals surface area contributed by atoms with E-state index in [2.05, 4.69) is 21.2 Å². The Labute approximate surface area is 214 Å². The van der Waals surface area contributed by atoms with Crippen LogP contribution in [0.1, 0.15) is 24.0 Å². The molecule has 0 aliphatic carbocycles. The van der Waals surface area contributed by atoms with E-state index in [4.69, 9.17) is 23.2 Å². The van der Waals surface area contributed by atoms with E-state index in [-0.39, 0.29) is 13.0 Å². The highest BCUT2D eigenvalue weighted by molar-refractivity contribution is 9.10. The van der Waals surface area contributed by atoms with E-state index in [0.29, 0.717) is 38.0 Å². The minimum absolute atomic E-state index is 0.0219. The fourth-order valence-electron chi connectivity index (χ4n) is 3.70. The van der Waals surface area contributed by atoms with Gasteiger partial charge in [-0.15, -0.1) is 0 Å². The largest absolute Gasteiger partial charge is 0.481 e. The number of rotatable bonds is 8. The molecule has 3 rings (SSSR count). The van der Waals surface area contributed by atoms with Gasteiger partial charge in [-0.25, -0.2) is 0 Å². The maximum Gasteiger partial charge on any atom is 0.392 e. The fraction of sp³-hybridized carbons (Fsp3) is 0.240. The summed E-state index contributed by atoms with van der Waals surface area (Å²) in [6.45, 7) is 1.13. The molecule has 180 valence electrons. The van der Waals surface area contributed by atoms with Crippen LogP contribution in [0.15, 0.2) is 65.1 Å². The Kier molecular flexibility index (Phi) is 8.55. The smallest absolute Gasteiger partial charge is 0.392 e. The van der Waals surface area contributed by atoms with Gasteiger partial charge in [-0.2, -0.15) is 13.2 Å². The van der Waals surface area contributed by atoms with Crippen molar-refractivity contribution in [3.8, 4) is 11.1 Å². The van der Waals surface area contributed by atoms with Gasteiger partial charge in [0.1, 0.15) is 0 Å². The molecule has 0 bridgehead atoms. The molecule has 0 saturated heterocycles. The lowest BCUT2D eigenvalue weighted by molar-refractivity contribution is -0.174. The first-order valence-electron chi connectivity index (χ1n) is 10.3. The summed E-state index contributed by atoms with van der Waals surface area (Å²) in [5.41, 5.74) is 2.94. The van der Waals surface area contributed by atoms with Crippen molar-refractivity contribution in [3.05, 3.63) is 86.3 Å². The van der Waals surface area contributed by atoms with Crippen LogP contribution < -0.4 is 5.32 Å². The molecule has 0 amide bonds. The fourth-order valence-corrected chi connectivity index (χ4v) is 4.38. The van der Waals surface area contributed by atoms with Gasteiger partial charge >= 0.3 is 12.1 Å². The van der Waals surface area contributed by atoms with Gasteiger partial charge in [0.2, 0.25) is 0 Å². The van der Waals surface area contributed by atoms with Crippen LogP contribution in [0, 0.1) is 5.92 Å². The van der Waals surface area contributed by atoms with Crippen LogP contribution in [0.25, 0.3) is 11.1 Å². The van der Waals surface area contributed by atoms with Gasteiger partial charge in [0.15, 0.2) is 0 Å². The molecule has 0 aliphatic heterocycles. The van der Waals surface area contributed by atoms with Crippen molar-refractivity contribution in [2.45, 2.75) is 25.4 Å². The van der Waals surface area contributed by atoms with E-state index in [1.807, 2.05) is 0 Å². The summed E-state index contributed by atoms with van der Waals surface area (Å²) in [5.74, 6) is -3.47. The van der Waals surface area contributed by atoms with Crippen molar-refractivity contribution in [2.24, 2.45) is 5.92 Å². The van der Waals surface area contributed by atoms with Crippen LogP contribution >= 0.6 is 39.1 Å². The quantitative estimate of drug-likeness (QED) is 0.284. The van der Waals surface area contributed by atoms with E-state index in [1.165, 1.54) is 0 Å². The summed E-state index contributed by atoms with van der Waals surface area (Å²) in [4.78, 5) is 11.3. The predicted molar refractivity (Wildman–Crippen MR) is 134 cm³/mol. The lowest BCUT2D eigenvalue weighted by Crippen LogP contribution is -2.30. The zero-order valence-corrected chi connectivity index (χ0v) is 21.1. The van der Waals surface area contributed by atoms with E-state index < -0.39 is 24.0 Å². The molecule has 2 atom stereocenters. The minimum atomic E-state index is -4.39. The Balaban J connectivity index is 1.93. The summed E-state index contributed by atoms with van der Waals surface area (Å²) in [6, 6.07) is 16.7. The van der Waals surface area contributed by atoms with Crippen LogP contribution in [-0.4, -0.2) is 23.8 Å². The Bertz CT molecular complexity index is 1170. The maximum absolute atomic E-state index is 13.6. The third-order valence-electron chi connectivity index (χ3n) is 5.62. The van der Waals surface area contributed by atoms with Crippen LogP contribution in [0.3, 0.4) is 0 Å². The second kappa shape index (κ2) is 11.0. The molecule has 0 radical (unpaired) electrons. The average molecular weight is 575 g/mol. The van der Waals surface area contributed by atoms with Crippen LogP contribution in [0.2, 0.25) is 10.0 Å². The molecule has 0 aliphatic rings. The van der Waals surface area contributed by atoms with Crippen molar-refractivity contribution < 1.29 is 23.1 Å². The van der Waals surface area contributed by atoms with Gasteiger partial charge in [-0.05, 0) is 58.7 Å². The predicted octanol–water partition coefficient (Wildman–Crippen LogP) is 8.44. The van der Waals surface area contributed by atoms with Crippen molar-refractivity contribution >= 4 is 50.8 Å². The molecule has 2 N–H and O–H groups in total. The SMILES string of the molecule is CC(C(CNc1cc(-c2cc(Br)ccc2CC(=O)O)ccc1Cl)c1ccc(Cl)cc1)C(F)(F)F. The zero-order chi connectivity index (χ0) is 25.0. The van der Waals surface area contributed by atoms with E-state index in [1.54, 1.807) is 60.7 Å². The van der Waals surface area contributed by atoms with Crippen molar-refractivity contribution in [1.29, 1.82) is 0 Å². The Morgan fingerprint density at radius 1 is 1.06 bits per heavy atom. The van der Waals surface area contributed by atoms with Gasteiger partial charge in [-0.3, -0.25) is 4.79 Å². The maximum atomic E-state index is 13.6. The minimum Gasteiger partial charge on any atom is -0.481 e. The molecule has 0 aromatic heterocycles. The number of carboxylic acids is 1. The first kappa shape index (κ1) is 26.4. The molecular weight excluding hydrogens is 554 g/mol. The third-order valence-corrected chi connectivity index (χ3v) is 6.70. The van der Waals surface area contributed by atoms with Gasteiger partial charge in [0.25, 0.3) is 0 Å². The van der Waals surface area contributed by atoms with Gasteiger partial charge in [-0.1, -0.05) is 70.3 Å². The lowest BCUT2D eigenvalue weighted by atomic mass is 9.86. The van der Waals surface area contributed by atoms with E-state index in [0.717, 1.165) is 11.4 Å². The standard InChI is InChI=1S/C25H21BrCl2F3NO2/c1-14(25(29,30)31)21(15-3-7-19(27)8-4-15)13-32-23-10-16(5-9-22(23)28)20-12-18(26)6-2-17(20)11-24(33)34/h2-10,12,14,21,32H,11,13H2,1H3,(H,33,34). The molecule has 0 fully saturated rings. The van der Waals surface area contributed by atoms with Crippen LogP contribution in [0.4, 0.5) is 18.9 Å². The first-order chi connectivity index (χ1) is 16.0. The molecule has 0 spiro atoms. The highest BCUT2D eigenvalue weighted by atomic mass is 79.9. The first-order valence-corrected chi connectivity index (χ1v) is 11.9.